The standard InChI is InChI=1S/C26H22ClFN4O4/c27-19-3-1-16(2-4-19)15-32-25(34)18(13-23(33)17-11-20(28)12-17)14-29-26(32)30-21-5-7-22(8-6-21)36-24-9-10-35-31-24/h1-10,14,17,20H,11-13,15H2,(H,29,30). The highest BCUT2D eigenvalue weighted by Gasteiger charge is 2.34. The Morgan fingerprint density at radius 2 is 1.89 bits per heavy atom. The van der Waals surface area contributed by atoms with Crippen molar-refractivity contribution in [1.82, 2.24) is 14.7 Å². The van der Waals surface area contributed by atoms with Gasteiger partial charge in [0, 0.05) is 40.9 Å². The number of hydrogen-bond acceptors (Lipinski definition) is 7. The summed E-state index contributed by atoms with van der Waals surface area (Å²) in [6, 6.07) is 15.7. The molecule has 0 bridgehead atoms. The molecule has 184 valence electrons. The first-order valence-corrected chi connectivity index (χ1v) is 11.8. The van der Waals surface area contributed by atoms with Gasteiger partial charge in [0.1, 0.15) is 24.0 Å². The number of rotatable bonds is 9. The van der Waals surface area contributed by atoms with E-state index in [4.69, 9.17) is 20.9 Å². The van der Waals surface area contributed by atoms with Gasteiger partial charge in [0.05, 0.1) is 6.54 Å². The maximum Gasteiger partial charge on any atom is 0.259 e. The summed E-state index contributed by atoms with van der Waals surface area (Å²) in [4.78, 5) is 30.4. The molecule has 5 rings (SSSR count). The molecule has 36 heavy (non-hydrogen) atoms. The quantitative estimate of drug-likeness (QED) is 0.326. The highest BCUT2D eigenvalue weighted by atomic mass is 35.5. The normalized spacial score (nSPS) is 16.8. The van der Waals surface area contributed by atoms with E-state index in [0.29, 0.717) is 28.3 Å². The van der Waals surface area contributed by atoms with E-state index in [9.17, 15) is 14.0 Å². The van der Waals surface area contributed by atoms with Crippen molar-refractivity contribution in [3.63, 3.8) is 0 Å². The lowest BCUT2D eigenvalue weighted by molar-refractivity contribution is -0.126. The monoisotopic (exact) mass is 508 g/mol. The van der Waals surface area contributed by atoms with E-state index in [0.717, 1.165) is 5.56 Å². The molecule has 0 amide bonds. The van der Waals surface area contributed by atoms with E-state index in [1.54, 1.807) is 42.5 Å². The van der Waals surface area contributed by atoms with Crippen molar-refractivity contribution < 1.29 is 18.4 Å². The summed E-state index contributed by atoms with van der Waals surface area (Å²) in [7, 11) is 0. The molecule has 1 aliphatic rings. The molecule has 0 radical (unpaired) electrons. The molecule has 2 aromatic heterocycles. The fourth-order valence-electron chi connectivity index (χ4n) is 3.93. The first-order chi connectivity index (χ1) is 17.4. The van der Waals surface area contributed by atoms with Crippen molar-refractivity contribution >= 4 is 29.0 Å². The van der Waals surface area contributed by atoms with Crippen molar-refractivity contribution in [2.75, 3.05) is 5.32 Å². The fraction of sp³-hybridized carbons (Fsp3) is 0.231. The predicted octanol–water partition coefficient (Wildman–Crippen LogP) is 5.33. The Balaban J connectivity index is 1.40. The third-order valence-corrected chi connectivity index (χ3v) is 6.27. The van der Waals surface area contributed by atoms with Crippen LogP contribution in [-0.4, -0.2) is 26.7 Å². The zero-order chi connectivity index (χ0) is 25.1. The van der Waals surface area contributed by atoms with Crippen LogP contribution in [0, 0.1) is 5.92 Å². The van der Waals surface area contributed by atoms with Gasteiger partial charge in [0.2, 0.25) is 5.95 Å². The number of anilines is 2. The number of nitrogens with zero attached hydrogens (tertiary/aromatic N) is 3. The zero-order valence-corrected chi connectivity index (χ0v) is 19.8. The van der Waals surface area contributed by atoms with E-state index in [1.165, 1.54) is 17.0 Å². The topological polar surface area (TPSA) is 99.2 Å². The summed E-state index contributed by atoms with van der Waals surface area (Å²) in [5.41, 5.74) is 1.45. The Kier molecular flexibility index (Phi) is 6.81. The average Bonchev–Trinajstić information content (AvgIpc) is 3.36. The van der Waals surface area contributed by atoms with Crippen molar-refractivity contribution in [3.05, 3.63) is 93.6 Å². The van der Waals surface area contributed by atoms with E-state index in [-0.39, 0.29) is 48.6 Å². The molecule has 4 aromatic rings. The summed E-state index contributed by atoms with van der Waals surface area (Å²) in [5, 5.41) is 7.46. The molecule has 1 saturated carbocycles. The number of carbonyl (C=O) groups excluding carboxylic acids is 1. The van der Waals surface area contributed by atoms with Crippen molar-refractivity contribution in [3.8, 4) is 11.6 Å². The smallest absolute Gasteiger partial charge is 0.259 e. The first-order valence-electron chi connectivity index (χ1n) is 11.4. The third-order valence-electron chi connectivity index (χ3n) is 6.02. The molecule has 8 nitrogen and oxygen atoms in total. The summed E-state index contributed by atoms with van der Waals surface area (Å²) >= 11 is 6.01. The minimum absolute atomic E-state index is 0.0712. The number of aromatic nitrogens is 3. The zero-order valence-electron chi connectivity index (χ0n) is 19.1. The van der Waals surface area contributed by atoms with Gasteiger partial charge in [0.15, 0.2) is 0 Å². The van der Waals surface area contributed by atoms with Gasteiger partial charge < -0.3 is 14.6 Å². The van der Waals surface area contributed by atoms with Crippen LogP contribution in [0.1, 0.15) is 24.0 Å². The van der Waals surface area contributed by atoms with Crippen molar-refractivity contribution in [2.24, 2.45) is 5.92 Å². The number of carbonyl (C=O) groups is 1. The average molecular weight is 509 g/mol. The van der Waals surface area contributed by atoms with Crippen LogP contribution in [0.2, 0.25) is 5.02 Å². The molecule has 2 aromatic carbocycles. The Labute approximate surface area is 210 Å². The summed E-state index contributed by atoms with van der Waals surface area (Å²) < 4.78 is 25.0. The van der Waals surface area contributed by atoms with Gasteiger partial charge in [-0.25, -0.2) is 9.37 Å². The van der Waals surface area contributed by atoms with Crippen molar-refractivity contribution in [2.45, 2.75) is 32.0 Å². The van der Waals surface area contributed by atoms with Crippen LogP contribution in [0.25, 0.3) is 0 Å². The Morgan fingerprint density at radius 1 is 1.14 bits per heavy atom. The molecule has 1 N–H and O–H groups in total. The summed E-state index contributed by atoms with van der Waals surface area (Å²) in [6.45, 7) is 0.219. The molecule has 1 fully saturated rings. The van der Waals surface area contributed by atoms with Crippen LogP contribution in [0.15, 0.2) is 76.4 Å². The van der Waals surface area contributed by atoms with Crippen LogP contribution in [-0.2, 0) is 17.8 Å². The summed E-state index contributed by atoms with van der Waals surface area (Å²) in [6.07, 6.45) is 2.27. The molecule has 0 atom stereocenters. The molecule has 0 saturated heterocycles. The van der Waals surface area contributed by atoms with Crippen LogP contribution in [0.3, 0.4) is 0 Å². The molecule has 2 heterocycles. The minimum Gasteiger partial charge on any atom is -0.436 e. The number of Topliss-reactive ketones (excluding diaryl/α,β-unsaturated/α-hetero) is 1. The lowest BCUT2D eigenvalue weighted by Gasteiger charge is -2.28. The van der Waals surface area contributed by atoms with E-state index >= 15 is 0 Å². The highest BCUT2D eigenvalue weighted by Crippen LogP contribution is 2.31. The lowest BCUT2D eigenvalue weighted by Crippen LogP contribution is -2.35. The predicted molar refractivity (Wildman–Crippen MR) is 132 cm³/mol. The number of halogens is 2. The Bertz CT molecular complexity index is 1400. The molecular weight excluding hydrogens is 487 g/mol. The van der Waals surface area contributed by atoms with Crippen LogP contribution >= 0.6 is 11.6 Å². The van der Waals surface area contributed by atoms with Gasteiger partial charge in [-0.05, 0) is 60.0 Å². The molecule has 0 unspecified atom stereocenters. The Morgan fingerprint density at radius 3 is 2.56 bits per heavy atom. The molecule has 0 aliphatic heterocycles. The molecule has 1 aliphatic carbocycles. The number of benzene rings is 2. The second-order valence-corrected chi connectivity index (χ2v) is 9.06. The molecule has 10 heteroatoms. The van der Waals surface area contributed by atoms with Crippen LogP contribution < -0.4 is 15.6 Å². The van der Waals surface area contributed by atoms with E-state index in [1.807, 2.05) is 12.1 Å². The van der Waals surface area contributed by atoms with E-state index in [2.05, 4.69) is 15.5 Å². The minimum atomic E-state index is -0.932. The van der Waals surface area contributed by atoms with Gasteiger partial charge in [-0.2, -0.15) is 0 Å². The second-order valence-electron chi connectivity index (χ2n) is 8.62. The second kappa shape index (κ2) is 10.3. The number of alkyl halides is 1. The van der Waals surface area contributed by atoms with Gasteiger partial charge in [-0.1, -0.05) is 23.7 Å². The molecule has 0 spiro atoms. The van der Waals surface area contributed by atoms with Crippen LogP contribution in [0.5, 0.6) is 11.6 Å². The van der Waals surface area contributed by atoms with Gasteiger partial charge >= 0.3 is 0 Å². The van der Waals surface area contributed by atoms with Crippen molar-refractivity contribution in [1.29, 1.82) is 0 Å². The maximum atomic E-state index is 13.4. The highest BCUT2D eigenvalue weighted by molar-refractivity contribution is 6.30. The van der Waals surface area contributed by atoms with Gasteiger partial charge in [0.25, 0.3) is 11.4 Å². The number of ether oxygens (including phenoxy) is 1. The third kappa shape index (κ3) is 5.46. The van der Waals surface area contributed by atoms with Gasteiger partial charge in [-0.3, -0.25) is 14.2 Å². The number of hydrogen-bond donors (Lipinski definition) is 1. The molecular formula is C26H22ClFN4O4. The SMILES string of the molecule is O=C(Cc1cnc(Nc2ccc(Oc3ccon3)cc2)n(Cc2ccc(Cl)cc2)c1=O)C1CC(F)C1. The number of nitrogens with one attached hydrogen (secondary N) is 1. The van der Waals surface area contributed by atoms with E-state index < -0.39 is 6.17 Å². The Hall–Kier alpha value is -3.98. The van der Waals surface area contributed by atoms with Gasteiger partial charge in [-0.15, -0.1) is 0 Å². The lowest BCUT2D eigenvalue weighted by atomic mass is 9.79. The number of ketones is 1. The fourth-order valence-corrected chi connectivity index (χ4v) is 4.05. The summed E-state index contributed by atoms with van der Waals surface area (Å²) in [5.74, 6) is 0.734. The largest absolute Gasteiger partial charge is 0.436 e. The van der Waals surface area contributed by atoms with Crippen LogP contribution in [0.4, 0.5) is 16.0 Å². The maximum absolute atomic E-state index is 13.4. The first kappa shape index (κ1) is 23.7.